The highest BCUT2D eigenvalue weighted by Crippen LogP contribution is 2.28. The molecule has 0 saturated carbocycles. The molecule has 0 aliphatic heterocycles. The molecule has 8 heteroatoms. The summed E-state index contributed by atoms with van der Waals surface area (Å²) in [7, 11) is -1.11. The molecule has 0 aliphatic rings. The van der Waals surface area contributed by atoms with Crippen LogP contribution in [-0.4, -0.2) is 47.6 Å². The number of rotatable bonds is 10. The van der Waals surface area contributed by atoms with E-state index in [4.69, 9.17) is 9.47 Å². The number of nitrogens with one attached hydrogen (secondary N) is 1. The monoisotopic (exact) mass is 447 g/mol. The second kappa shape index (κ2) is 10.9. The van der Waals surface area contributed by atoms with Crippen molar-refractivity contribution < 1.29 is 19.4 Å². The Morgan fingerprint density at radius 1 is 1.26 bits per heavy atom. The van der Waals surface area contributed by atoms with Crippen LogP contribution in [0.4, 0.5) is 4.79 Å². The first-order chi connectivity index (χ1) is 14.4. The molecule has 2 rings (SSSR count). The summed E-state index contributed by atoms with van der Waals surface area (Å²) in [5, 5.41) is 13.4. The van der Waals surface area contributed by atoms with Crippen LogP contribution < -0.4 is 5.32 Å². The third-order valence-electron chi connectivity index (χ3n) is 4.55. The van der Waals surface area contributed by atoms with Gasteiger partial charge in [-0.1, -0.05) is 43.9 Å². The van der Waals surface area contributed by atoms with Crippen molar-refractivity contribution in [3.05, 3.63) is 42.4 Å². The summed E-state index contributed by atoms with van der Waals surface area (Å²) < 4.78 is 12.9. The van der Waals surface area contributed by atoms with Crippen molar-refractivity contribution in [3.8, 4) is 11.3 Å². The quantitative estimate of drug-likeness (QED) is 0.403. The summed E-state index contributed by atoms with van der Waals surface area (Å²) in [4.78, 5) is 16.3. The molecule has 31 heavy (non-hydrogen) atoms. The number of alkyl carbamates (subject to hydrolysis) is 1. The number of hydrogen-bond donors (Lipinski definition) is 2. The number of nitrogens with zero attached hydrogens (tertiary/aromatic N) is 2. The molecule has 0 aliphatic carbocycles. The Morgan fingerprint density at radius 2 is 1.97 bits per heavy atom. The van der Waals surface area contributed by atoms with Crippen LogP contribution in [0, 0.1) is 0 Å². The largest absolute Gasteiger partial charge is 0.444 e. The molecule has 0 radical (unpaired) electrons. The predicted molar refractivity (Wildman–Crippen MR) is 126 cm³/mol. The molecule has 7 nitrogen and oxygen atoms in total. The molecule has 0 spiro atoms. The molecule has 0 fully saturated rings. The minimum Gasteiger partial charge on any atom is -0.444 e. The van der Waals surface area contributed by atoms with Crippen LogP contribution >= 0.6 is 0 Å². The van der Waals surface area contributed by atoms with Gasteiger partial charge in [0, 0.05) is 33.0 Å². The maximum atomic E-state index is 11.8. The predicted octanol–water partition coefficient (Wildman–Crippen LogP) is 4.81. The standard InChI is InChI=1S/C23H37N3O4Si/c1-23(2,3)30-22(28)24-12-11-21(27)19-10-8-7-9-18(19)20-15-26(16-25-20)17-29-13-14-31(4,5)6/h7-10,15-16,21,27H,11-14,17H2,1-6H3,(H,24,28). The van der Waals surface area contributed by atoms with Gasteiger partial charge in [0.2, 0.25) is 0 Å². The van der Waals surface area contributed by atoms with Crippen LogP contribution in [0.1, 0.15) is 38.9 Å². The number of carbonyl (C=O) groups is 1. The zero-order valence-electron chi connectivity index (χ0n) is 19.6. The Hall–Kier alpha value is -2.16. The zero-order valence-corrected chi connectivity index (χ0v) is 20.6. The Labute approximate surface area is 186 Å². The third kappa shape index (κ3) is 9.24. The van der Waals surface area contributed by atoms with E-state index in [1.54, 1.807) is 6.33 Å². The van der Waals surface area contributed by atoms with Gasteiger partial charge in [0.15, 0.2) is 0 Å². The van der Waals surface area contributed by atoms with E-state index in [9.17, 15) is 9.90 Å². The van der Waals surface area contributed by atoms with Gasteiger partial charge in [-0.3, -0.25) is 0 Å². The molecule has 1 amide bonds. The fourth-order valence-corrected chi connectivity index (χ4v) is 3.68. The zero-order chi connectivity index (χ0) is 23.1. The fraction of sp³-hybridized carbons (Fsp3) is 0.565. The molecule has 2 N–H and O–H groups in total. The van der Waals surface area contributed by atoms with Gasteiger partial charge in [-0.15, -0.1) is 0 Å². The van der Waals surface area contributed by atoms with Crippen LogP contribution in [0.3, 0.4) is 0 Å². The Bertz CT molecular complexity index is 840. The smallest absolute Gasteiger partial charge is 0.407 e. The van der Waals surface area contributed by atoms with E-state index in [0.717, 1.165) is 29.5 Å². The Balaban J connectivity index is 1.94. The highest BCUT2D eigenvalue weighted by Gasteiger charge is 2.18. The molecule has 1 aromatic heterocycles. The number of aromatic nitrogens is 2. The first kappa shape index (κ1) is 25.1. The minimum absolute atomic E-state index is 0.309. The second-order valence-electron chi connectivity index (χ2n) is 9.94. The molecular weight excluding hydrogens is 410 g/mol. The van der Waals surface area contributed by atoms with E-state index in [1.165, 1.54) is 0 Å². The van der Waals surface area contributed by atoms with Gasteiger partial charge in [-0.2, -0.15) is 0 Å². The van der Waals surface area contributed by atoms with E-state index in [-0.39, 0.29) is 0 Å². The van der Waals surface area contributed by atoms with E-state index in [1.807, 2.05) is 55.8 Å². The average Bonchev–Trinajstić information content (AvgIpc) is 3.12. The number of aliphatic hydroxyl groups is 1. The maximum absolute atomic E-state index is 11.8. The van der Waals surface area contributed by atoms with Crippen LogP contribution in [0.5, 0.6) is 0 Å². The van der Waals surface area contributed by atoms with Crippen LogP contribution in [-0.2, 0) is 16.2 Å². The summed E-state index contributed by atoms with van der Waals surface area (Å²) in [6.45, 7) is 14.0. The first-order valence-corrected chi connectivity index (χ1v) is 14.5. The van der Waals surface area contributed by atoms with Gasteiger partial charge in [-0.25, -0.2) is 9.78 Å². The highest BCUT2D eigenvalue weighted by molar-refractivity contribution is 6.76. The van der Waals surface area contributed by atoms with E-state index >= 15 is 0 Å². The topological polar surface area (TPSA) is 85.6 Å². The summed E-state index contributed by atoms with van der Waals surface area (Å²) in [5.41, 5.74) is 1.88. The lowest BCUT2D eigenvalue weighted by Crippen LogP contribution is -2.33. The van der Waals surface area contributed by atoms with Crippen molar-refractivity contribution in [2.45, 2.75) is 71.3 Å². The lowest BCUT2D eigenvalue weighted by molar-refractivity contribution is 0.0518. The molecule has 1 aromatic carbocycles. The van der Waals surface area contributed by atoms with Gasteiger partial charge in [0.05, 0.1) is 18.1 Å². The molecule has 1 heterocycles. The number of carbonyl (C=O) groups excluding carboxylic acids is 1. The molecule has 0 saturated heterocycles. The summed E-state index contributed by atoms with van der Waals surface area (Å²) >= 11 is 0. The minimum atomic E-state index is -1.11. The van der Waals surface area contributed by atoms with Crippen LogP contribution in [0.2, 0.25) is 25.7 Å². The van der Waals surface area contributed by atoms with Crippen molar-refractivity contribution >= 4 is 14.2 Å². The molecular formula is C23H37N3O4Si. The maximum Gasteiger partial charge on any atom is 0.407 e. The first-order valence-electron chi connectivity index (χ1n) is 10.8. The van der Waals surface area contributed by atoms with Crippen LogP contribution in [0.25, 0.3) is 11.3 Å². The summed E-state index contributed by atoms with van der Waals surface area (Å²) in [6, 6.07) is 8.77. The highest BCUT2D eigenvalue weighted by atomic mass is 28.3. The Kier molecular flexibility index (Phi) is 8.85. The van der Waals surface area contributed by atoms with E-state index in [0.29, 0.717) is 19.7 Å². The number of benzene rings is 1. The van der Waals surface area contributed by atoms with Crippen molar-refractivity contribution in [1.82, 2.24) is 14.9 Å². The van der Waals surface area contributed by atoms with Crippen LogP contribution in [0.15, 0.2) is 36.8 Å². The number of amides is 1. The SMILES string of the molecule is CC(C)(C)OC(=O)NCCC(O)c1ccccc1-c1cn(COCC[Si](C)(C)C)cn1. The van der Waals surface area contributed by atoms with Crippen molar-refractivity contribution in [3.63, 3.8) is 0 Å². The summed E-state index contributed by atoms with van der Waals surface area (Å²) in [5.74, 6) is 0. The molecule has 1 atom stereocenters. The number of ether oxygens (including phenoxy) is 2. The van der Waals surface area contributed by atoms with Gasteiger partial charge in [0.25, 0.3) is 0 Å². The van der Waals surface area contributed by atoms with Crippen molar-refractivity contribution in [1.29, 1.82) is 0 Å². The number of hydrogen-bond acceptors (Lipinski definition) is 5. The fourth-order valence-electron chi connectivity index (χ4n) is 2.92. The van der Waals surface area contributed by atoms with Crippen molar-refractivity contribution in [2.24, 2.45) is 0 Å². The van der Waals surface area contributed by atoms with Gasteiger partial charge >= 0.3 is 6.09 Å². The van der Waals surface area contributed by atoms with Gasteiger partial charge in [0.1, 0.15) is 12.3 Å². The van der Waals surface area contributed by atoms with Gasteiger partial charge < -0.3 is 24.5 Å². The van der Waals surface area contributed by atoms with Gasteiger partial charge in [-0.05, 0) is 38.8 Å². The lowest BCUT2D eigenvalue weighted by atomic mass is 9.98. The average molecular weight is 448 g/mol. The Morgan fingerprint density at radius 3 is 2.65 bits per heavy atom. The van der Waals surface area contributed by atoms with Crippen molar-refractivity contribution in [2.75, 3.05) is 13.2 Å². The van der Waals surface area contributed by atoms with E-state index < -0.39 is 25.9 Å². The normalized spacial score (nSPS) is 13.1. The summed E-state index contributed by atoms with van der Waals surface area (Å²) in [6.07, 6.45) is 2.83. The third-order valence-corrected chi connectivity index (χ3v) is 6.26. The van der Waals surface area contributed by atoms with E-state index in [2.05, 4.69) is 29.9 Å². The number of imidazole rings is 1. The molecule has 172 valence electrons. The molecule has 1 unspecified atom stereocenters. The molecule has 0 bridgehead atoms. The lowest BCUT2D eigenvalue weighted by Gasteiger charge is -2.20. The number of aliphatic hydroxyl groups excluding tert-OH is 1. The second-order valence-corrected chi connectivity index (χ2v) is 15.6. The molecule has 2 aromatic rings.